The van der Waals surface area contributed by atoms with Crippen molar-refractivity contribution >= 4 is 17.2 Å². The van der Waals surface area contributed by atoms with Gasteiger partial charge in [-0.15, -0.1) is 0 Å². The van der Waals surface area contributed by atoms with Gasteiger partial charge in [-0.1, -0.05) is 19.1 Å². The predicted molar refractivity (Wildman–Crippen MR) is 60.8 cm³/mol. The summed E-state index contributed by atoms with van der Waals surface area (Å²) in [6, 6.07) is 0.706. The minimum Gasteiger partial charge on any atom is -0.392 e. The Morgan fingerprint density at radius 3 is 2.38 bits per heavy atom. The van der Waals surface area contributed by atoms with Crippen LogP contribution >= 0.6 is 12.2 Å². The molecule has 1 saturated carbocycles. The van der Waals surface area contributed by atoms with Crippen molar-refractivity contribution in [3.8, 4) is 0 Å². The van der Waals surface area contributed by atoms with Crippen molar-refractivity contribution in [2.75, 3.05) is 13.6 Å². The second kappa shape index (κ2) is 4.91. The molecule has 0 unspecified atom stereocenters. The summed E-state index contributed by atoms with van der Waals surface area (Å²) >= 11 is 4.90. The third-order valence-electron chi connectivity index (χ3n) is 3.01. The molecular formula is C10H20N2S. The van der Waals surface area contributed by atoms with Crippen LogP contribution in [0.25, 0.3) is 0 Å². The van der Waals surface area contributed by atoms with Gasteiger partial charge >= 0.3 is 0 Å². The summed E-state index contributed by atoms with van der Waals surface area (Å²) in [5.41, 5.74) is 5.52. The molecule has 0 bridgehead atoms. The van der Waals surface area contributed by atoms with Crippen LogP contribution < -0.4 is 5.73 Å². The molecule has 1 aliphatic carbocycles. The van der Waals surface area contributed by atoms with Crippen LogP contribution in [-0.2, 0) is 0 Å². The minimum atomic E-state index is 0.612. The van der Waals surface area contributed by atoms with Gasteiger partial charge in [-0.05, 0) is 38.6 Å². The van der Waals surface area contributed by atoms with E-state index in [1.165, 1.54) is 25.7 Å². The largest absolute Gasteiger partial charge is 0.392 e. The fraction of sp³-hybridized carbons (Fsp3) is 0.900. The van der Waals surface area contributed by atoms with Crippen molar-refractivity contribution in [3.05, 3.63) is 0 Å². The lowest BCUT2D eigenvalue weighted by molar-refractivity contribution is 0.189. The molecule has 13 heavy (non-hydrogen) atoms. The van der Waals surface area contributed by atoms with Gasteiger partial charge in [-0.25, -0.2) is 0 Å². The Labute approximate surface area is 86.5 Å². The molecule has 0 saturated heterocycles. The fourth-order valence-corrected chi connectivity index (χ4v) is 2.26. The first-order valence-corrected chi connectivity index (χ1v) is 5.49. The number of rotatable bonds is 3. The van der Waals surface area contributed by atoms with Crippen LogP contribution in [-0.4, -0.2) is 29.5 Å². The highest BCUT2D eigenvalue weighted by atomic mass is 32.1. The third kappa shape index (κ3) is 3.61. The number of hydrogen-bond donors (Lipinski definition) is 1. The Balaban J connectivity index is 2.31. The Hall–Kier alpha value is -0.150. The molecule has 0 aromatic heterocycles. The summed E-state index contributed by atoms with van der Waals surface area (Å²) in [5.74, 6) is 0.912. The number of hydrogen-bond acceptors (Lipinski definition) is 2. The predicted octanol–water partition coefficient (Wildman–Crippen LogP) is 1.78. The topological polar surface area (TPSA) is 29.3 Å². The van der Waals surface area contributed by atoms with Gasteiger partial charge in [0.25, 0.3) is 0 Å². The zero-order valence-corrected chi connectivity index (χ0v) is 9.44. The third-order valence-corrected chi connectivity index (χ3v) is 3.14. The SMILES string of the molecule is CC1CCC(N(C)CC(N)=S)CC1. The van der Waals surface area contributed by atoms with E-state index in [1.807, 2.05) is 0 Å². The molecule has 0 amide bonds. The summed E-state index contributed by atoms with van der Waals surface area (Å²) in [7, 11) is 2.12. The van der Waals surface area contributed by atoms with Gasteiger partial charge < -0.3 is 5.73 Å². The molecule has 2 N–H and O–H groups in total. The molecule has 0 atom stereocenters. The molecule has 0 aliphatic heterocycles. The van der Waals surface area contributed by atoms with Crippen LogP contribution in [0.5, 0.6) is 0 Å². The van der Waals surface area contributed by atoms with Crippen LogP contribution in [0.1, 0.15) is 32.6 Å². The average Bonchev–Trinajstić information content (AvgIpc) is 2.04. The van der Waals surface area contributed by atoms with Gasteiger partial charge in [0.15, 0.2) is 0 Å². The molecular weight excluding hydrogens is 180 g/mol. The lowest BCUT2D eigenvalue weighted by Crippen LogP contribution is -2.39. The molecule has 0 aromatic carbocycles. The van der Waals surface area contributed by atoms with Gasteiger partial charge in [0.05, 0.1) is 4.99 Å². The standard InChI is InChI=1S/C10H20N2S/c1-8-3-5-9(6-4-8)12(2)7-10(11)13/h8-9H,3-7H2,1-2H3,(H2,11,13). The van der Waals surface area contributed by atoms with E-state index < -0.39 is 0 Å². The Morgan fingerprint density at radius 2 is 1.92 bits per heavy atom. The van der Waals surface area contributed by atoms with Gasteiger partial charge in [0.2, 0.25) is 0 Å². The molecule has 0 heterocycles. The molecule has 1 aliphatic rings. The summed E-state index contributed by atoms with van der Waals surface area (Å²) < 4.78 is 0. The zero-order chi connectivity index (χ0) is 9.84. The van der Waals surface area contributed by atoms with Crippen molar-refractivity contribution < 1.29 is 0 Å². The Kier molecular flexibility index (Phi) is 4.13. The van der Waals surface area contributed by atoms with E-state index in [9.17, 15) is 0 Å². The van der Waals surface area contributed by atoms with E-state index in [0.717, 1.165) is 12.5 Å². The monoisotopic (exact) mass is 200 g/mol. The molecule has 76 valence electrons. The molecule has 3 heteroatoms. The van der Waals surface area contributed by atoms with Crippen LogP contribution in [0, 0.1) is 5.92 Å². The van der Waals surface area contributed by atoms with Crippen molar-refractivity contribution in [3.63, 3.8) is 0 Å². The lowest BCUT2D eigenvalue weighted by Gasteiger charge is -2.33. The van der Waals surface area contributed by atoms with Gasteiger partial charge in [0, 0.05) is 12.6 Å². The summed E-state index contributed by atoms with van der Waals surface area (Å²) in [4.78, 5) is 2.91. The van der Waals surface area contributed by atoms with Crippen molar-refractivity contribution in [2.45, 2.75) is 38.6 Å². The first-order chi connectivity index (χ1) is 6.09. The maximum atomic E-state index is 5.52. The van der Waals surface area contributed by atoms with E-state index >= 15 is 0 Å². The second-order valence-corrected chi connectivity index (χ2v) is 4.82. The number of nitrogens with two attached hydrogens (primary N) is 1. The van der Waals surface area contributed by atoms with E-state index in [4.69, 9.17) is 18.0 Å². The fourth-order valence-electron chi connectivity index (χ4n) is 2.06. The van der Waals surface area contributed by atoms with Gasteiger partial charge in [-0.2, -0.15) is 0 Å². The number of nitrogens with zero attached hydrogens (tertiary/aromatic N) is 1. The van der Waals surface area contributed by atoms with E-state index in [-0.39, 0.29) is 0 Å². The van der Waals surface area contributed by atoms with Crippen LogP contribution in [0.2, 0.25) is 0 Å². The van der Waals surface area contributed by atoms with Crippen molar-refractivity contribution in [2.24, 2.45) is 11.7 Å². The molecule has 1 rings (SSSR count). The Morgan fingerprint density at radius 1 is 1.38 bits per heavy atom. The molecule has 1 fully saturated rings. The van der Waals surface area contributed by atoms with Crippen LogP contribution in [0.15, 0.2) is 0 Å². The minimum absolute atomic E-state index is 0.612. The maximum Gasteiger partial charge on any atom is 0.0870 e. The van der Waals surface area contributed by atoms with Crippen LogP contribution in [0.3, 0.4) is 0 Å². The smallest absolute Gasteiger partial charge is 0.0870 e. The van der Waals surface area contributed by atoms with Gasteiger partial charge in [0.1, 0.15) is 0 Å². The lowest BCUT2D eigenvalue weighted by atomic mass is 9.87. The van der Waals surface area contributed by atoms with E-state index in [0.29, 0.717) is 11.0 Å². The van der Waals surface area contributed by atoms with Gasteiger partial charge in [-0.3, -0.25) is 4.90 Å². The zero-order valence-electron chi connectivity index (χ0n) is 8.62. The normalized spacial score (nSPS) is 29.2. The second-order valence-electron chi connectivity index (χ2n) is 4.30. The maximum absolute atomic E-state index is 5.52. The number of thiocarbonyl (C=S) groups is 1. The summed E-state index contributed by atoms with van der Waals surface area (Å²) in [6.45, 7) is 3.11. The first kappa shape index (κ1) is 10.9. The van der Waals surface area contributed by atoms with E-state index in [1.54, 1.807) is 0 Å². The van der Waals surface area contributed by atoms with Crippen molar-refractivity contribution in [1.29, 1.82) is 0 Å². The summed E-state index contributed by atoms with van der Waals surface area (Å²) in [6.07, 6.45) is 5.32. The average molecular weight is 200 g/mol. The van der Waals surface area contributed by atoms with Crippen molar-refractivity contribution in [1.82, 2.24) is 4.90 Å². The van der Waals surface area contributed by atoms with E-state index in [2.05, 4.69) is 18.9 Å². The number of likely N-dealkylation sites (N-methyl/N-ethyl adjacent to an activating group) is 1. The van der Waals surface area contributed by atoms with Crippen LogP contribution in [0.4, 0.5) is 0 Å². The summed E-state index contributed by atoms with van der Waals surface area (Å²) in [5, 5.41) is 0. The highest BCUT2D eigenvalue weighted by Crippen LogP contribution is 2.26. The highest BCUT2D eigenvalue weighted by Gasteiger charge is 2.21. The highest BCUT2D eigenvalue weighted by molar-refractivity contribution is 7.80. The molecule has 0 spiro atoms. The molecule has 2 nitrogen and oxygen atoms in total. The quantitative estimate of drug-likeness (QED) is 0.704. The molecule has 0 aromatic rings. The molecule has 0 radical (unpaired) electrons. The Bertz CT molecular complexity index is 174. The first-order valence-electron chi connectivity index (χ1n) is 5.08.